The summed E-state index contributed by atoms with van der Waals surface area (Å²) < 4.78 is 5.92. The number of aliphatic hydroxyl groups is 1. The van der Waals surface area contributed by atoms with Gasteiger partial charge in [-0.2, -0.15) is 0 Å². The summed E-state index contributed by atoms with van der Waals surface area (Å²) in [5.74, 6) is 0. The summed E-state index contributed by atoms with van der Waals surface area (Å²) in [6.45, 7) is 11.7. The van der Waals surface area contributed by atoms with Gasteiger partial charge < -0.3 is 9.84 Å². The van der Waals surface area contributed by atoms with Gasteiger partial charge in [0.1, 0.15) is 0 Å². The molecule has 1 heterocycles. The van der Waals surface area contributed by atoms with E-state index in [4.69, 9.17) is 4.74 Å². The monoisotopic (exact) mass is 236 g/mol. The molecule has 1 rings (SSSR count). The molecule has 2 nitrogen and oxygen atoms in total. The number of hydrogen-bond acceptors (Lipinski definition) is 2. The van der Waals surface area contributed by atoms with Crippen molar-refractivity contribution < 1.29 is 9.84 Å². The van der Waals surface area contributed by atoms with E-state index in [2.05, 4.69) is 39.5 Å². The van der Waals surface area contributed by atoms with Crippen molar-refractivity contribution >= 4 is 0 Å². The molecule has 0 saturated heterocycles. The molecule has 0 fully saturated rings. The molecule has 0 aromatic heterocycles. The van der Waals surface area contributed by atoms with E-state index in [-0.39, 0.29) is 12.2 Å². The van der Waals surface area contributed by atoms with Gasteiger partial charge in [0.05, 0.1) is 17.8 Å². The van der Waals surface area contributed by atoms with Gasteiger partial charge in [0.25, 0.3) is 0 Å². The van der Waals surface area contributed by atoms with Crippen LogP contribution < -0.4 is 0 Å². The summed E-state index contributed by atoms with van der Waals surface area (Å²) in [7, 11) is 0. The van der Waals surface area contributed by atoms with Gasteiger partial charge in [-0.05, 0) is 39.7 Å². The highest BCUT2D eigenvalue weighted by molar-refractivity contribution is 5.17. The van der Waals surface area contributed by atoms with Crippen LogP contribution in [0, 0.1) is 0 Å². The van der Waals surface area contributed by atoms with Crippen molar-refractivity contribution in [3.63, 3.8) is 0 Å². The Bertz CT molecular complexity index is 333. The van der Waals surface area contributed by atoms with Crippen molar-refractivity contribution in [3.05, 3.63) is 36.0 Å². The second-order valence-corrected chi connectivity index (χ2v) is 5.36. The van der Waals surface area contributed by atoms with E-state index in [0.29, 0.717) is 6.42 Å². The predicted octanol–water partition coefficient (Wildman–Crippen LogP) is 3.38. The number of allylic oxidation sites excluding steroid dienone is 1. The minimum atomic E-state index is -0.854. The van der Waals surface area contributed by atoms with Crippen LogP contribution in [0.2, 0.25) is 0 Å². The maximum atomic E-state index is 9.94. The Labute approximate surface area is 105 Å². The van der Waals surface area contributed by atoms with Crippen LogP contribution in [0.5, 0.6) is 0 Å². The molecular weight excluding hydrogens is 212 g/mol. The van der Waals surface area contributed by atoms with Gasteiger partial charge in [-0.1, -0.05) is 23.8 Å². The quantitative estimate of drug-likeness (QED) is 0.741. The molecule has 2 heteroatoms. The first-order chi connectivity index (χ1) is 7.84. The molecule has 1 N–H and O–H groups in total. The lowest BCUT2D eigenvalue weighted by atomic mass is 9.98. The first-order valence-corrected chi connectivity index (χ1v) is 6.17. The summed E-state index contributed by atoms with van der Waals surface area (Å²) in [6.07, 6.45) is 7.52. The second kappa shape index (κ2) is 5.65. The van der Waals surface area contributed by atoms with Crippen LogP contribution in [0.4, 0.5) is 0 Å². The third kappa shape index (κ3) is 4.49. The van der Waals surface area contributed by atoms with Gasteiger partial charge in [-0.15, -0.1) is 6.58 Å². The average Bonchev–Trinajstić information content (AvgIpc) is 2.55. The zero-order valence-corrected chi connectivity index (χ0v) is 11.4. The van der Waals surface area contributed by atoms with Crippen LogP contribution in [-0.4, -0.2) is 22.9 Å². The van der Waals surface area contributed by atoms with Crippen LogP contribution in [-0.2, 0) is 4.74 Å². The molecule has 1 aliphatic heterocycles. The Balaban J connectivity index is 2.55. The maximum Gasteiger partial charge on any atom is 0.0825 e. The second-order valence-electron chi connectivity index (χ2n) is 5.36. The highest BCUT2D eigenvalue weighted by atomic mass is 16.5. The lowest BCUT2D eigenvalue weighted by molar-refractivity contribution is 0.00349. The molecule has 1 aliphatic rings. The highest BCUT2D eigenvalue weighted by Crippen LogP contribution is 2.28. The van der Waals surface area contributed by atoms with E-state index in [1.54, 1.807) is 13.0 Å². The molecular formula is C15H24O2. The zero-order valence-electron chi connectivity index (χ0n) is 11.4. The molecule has 3 atom stereocenters. The Morgan fingerprint density at radius 2 is 2.24 bits per heavy atom. The number of hydrogen-bond donors (Lipinski definition) is 1. The van der Waals surface area contributed by atoms with Gasteiger partial charge in [0.15, 0.2) is 0 Å². The molecule has 0 radical (unpaired) electrons. The van der Waals surface area contributed by atoms with Gasteiger partial charge in [-0.3, -0.25) is 0 Å². The minimum absolute atomic E-state index is 0.00133. The van der Waals surface area contributed by atoms with E-state index in [1.807, 2.05) is 0 Å². The van der Waals surface area contributed by atoms with Crippen LogP contribution in [0.25, 0.3) is 0 Å². The average molecular weight is 236 g/mol. The predicted molar refractivity (Wildman–Crippen MR) is 71.9 cm³/mol. The van der Waals surface area contributed by atoms with E-state index in [0.717, 1.165) is 6.42 Å². The zero-order chi connectivity index (χ0) is 13.1. The van der Waals surface area contributed by atoms with Crippen molar-refractivity contribution in [3.8, 4) is 0 Å². The normalized spacial score (nSPS) is 27.2. The topological polar surface area (TPSA) is 29.5 Å². The van der Waals surface area contributed by atoms with Crippen molar-refractivity contribution in [2.75, 3.05) is 0 Å². The maximum absolute atomic E-state index is 9.94. The van der Waals surface area contributed by atoms with E-state index in [1.165, 1.54) is 11.1 Å². The fourth-order valence-electron chi connectivity index (χ4n) is 1.94. The van der Waals surface area contributed by atoms with Crippen molar-refractivity contribution in [2.24, 2.45) is 0 Å². The molecule has 0 unspecified atom stereocenters. The third-order valence-corrected chi connectivity index (χ3v) is 3.09. The Kier molecular flexibility index (Phi) is 4.72. The summed E-state index contributed by atoms with van der Waals surface area (Å²) >= 11 is 0. The Hall–Kier alpha value is -0.860. The van der Waals surface area contributed by atoms with Gasteiger partial charge in [-0.25, -0.2) is 0 Å². The number of ether oxygens (including phenoxy) is 1. The minimum Gasteiger partial charge on any atom is -0.386 e. The Morgan fingerprint density at radius 3 is 2.76 bits per heavy atom. The molecule has 0 aliphatic carbocycles. The van der Waals surface area contributed by atoms with Crippen molar-refractivity contribution in [1.29, 1.82) is 0 Å². The van der Waals surface area contributed by atoms with Crippen molar-refractivity contribution in [1.82, 2.24) is 0 Å². The largest absolute Gasteiger partial charge is 0.386 e. The fourth-order valence-corrected chi connectivity index (χ4v) is 1.94. The van der Waals surface area contributed by atoms with Crippen LogP contribution in [0.15, 0.2) is 36.0 Å². The fraction of sp³-hybridized carbons (Fsp3) is 0.600. The molecule has 17 heavy (non-hydrogen) atoms. The first-order valence-electron chi connectivity index (χ1n) is 6.17. The highest BCUT2D eigenvalue weighted by Gasteiger charge is 2.28. The molecule has 0 bridgehead atoms. The smallest absolute Gasteiger partial charge is 0.0825 e. The van der Waals surface area contributed by atoms with Crippen LogP contribution in [0.1, 0.15) is 40.5 Å². The van der Waals surface area contributed by atoms with Crippen molar-refractivity contribution in [2.45, 2.75) is 58.3 Å². The lowest BCUT2D eigenvalue weighted by Crippen LogP contribution is -2.27. The van der Waals surface area contributed by atoms with Gasteiger partial charge in [0, 0.05) is 6.42 Å². The molecule has 0 amide bonds. The van der Waals surface area contributed by atoms with E-state index < -0.39 is 5.60 Å². The lowest BCUT2D eigenvalue weighted by Gasteiger charge is -2.22. The van der Waals surface area contributed by atoms with E-state index in [9.17, 15) is 5.11 Å². The summed E-state index contributed by atoms with van der Waals surface area (Å²) in [6, 6.07) is 0. The van der Waals surface area contributed by atoms with Gasteiger partial charge in [0.2, 0.25) is 0 Å². The molecule has 96 valence electrons. The summed E-state index contributed by atoms with van der Waals surface area (Å²) in [5.41, 5.74) is 1.71. The molecule has 0 spiro atoms. The standard InChI is InChI=1S/C15H24O2/c1-6-15(5,16)10-13-9-12(4)14(17-13)8-7-11(2)3/h6-7,9,13-14,16H,1,8,10H2,2-5H3/t13-,14-,15+/m0/s1. The van der Waals surface area contributed by atoms with E-state index >= 15 is 0 Å². The van der Waals surface area contributed by atoms with Crippen LogP contribution >= 0.6 is 0 Å². The molecule has 0 aromatic rings. The molecule has 0 saturated carbocycles. The first kappa shape index (κ1) is 14.2. The number of rotatable bonds is 5. The third-order valence-electron chi connectivity index (χ3n) is 3.09. The summed E-state index contributed by atoms with van der Waals surface area (Å²) in [4.78, 5) is 0. The molecule has 0 aromatic carbocycles. The van der Waals surface area contributed by atoms with Gasteiger partial charge >= 0.3 is 0 Å². The summed E-state index contributed by atoms with van der Waals surface area (Å²) in [5, 5.41) is 9.94. The Morgan fingerprint density at radius 1 is 1.59 bits per heavy atom. The van der Waals surface area contributed by atoms with Crippen LogP contribution in [0.3, 0.4) is 0 Å². The SMILES string of the molecule is C=C[C@@](C)(O)C[C@@H]1C=C(C)[C@H](CC=C(C)C)O1.